The number of alkyl halides is 5. The molecule has 0 spiro atoms. The summed E-state index contributed by atoms with van der Waals surface area (Å²) < 4.78 is 65.2. The number of hydrogen-bond acceptors (Lipinski definition) is 1. The van der Waals surface area contributed by atoms with Crippen molar-refractivity contribution in [3.05, 3.63) is 28.2 Å². The van der Waals surface area contributed by atoms with Gasteiger partial charge in [0.15, 0.2) is 0 Å². The lowest BCUT2D eigenvalue weighted by atomic mass is 10.2. The van der Waals surface area contributed by atoms with Crippen LogP contribution >= 0.6 is 15.9 Å². The molecule has 0 saturated heterocycles. The molecule has 0 atom stereocenters. The number of ether oxygens (including phenoxy) is 1. The fraction of sp³-hybridized carbons (Fsp3) is 0.333. The van der Waals surface area contributed by atoms with E-state index in [0.717, 1.165) is 6.07 Å². The first-order valence-corrected chi connectivity index (χ1v) is 4.87. The van der Waals surface area contributed by atoms with Crippen molar-refractivity contribution in [3.8, 4) is 5.75 Å². The summed E-state index contributed by atoms with van der Waals surface area (Å²) in [5.74, 6) is -0.248. The Bertz CT molecular complexity index is 363. The van der Waals surface area contributed by atoms with Crippen LogP contribution in [0.5, 0.6) is 5.75 Å². The molecule has 0 unspecified atom stereocenters. The molecule has 0 aromatic heterocycles. The molecule has 0 N–H and O–H groups in total. The SMILES string of the molecule is FC(F)COc1cc(Br)cc(C(F)(F)F)c1. The van der Waals surface area contributed by atoms with E-state index in [1.807, 2.05) is 0 Å². The zero-order valence-corrected chi connectivity index (χ0v) is 9.28. The smallest absolute Gasteiger partial charge is 0.416 e. The largest absolute Gasteiger partial charge is 0.488 e. The lowest BCUT2D eigenvalue weighted by molar-refractivity contribution is -0.137. The molecule has 0 aliphatic heterocycles. The van der Waals surface area contributed by atoms with Crippen LogP contribution in [0.25, 0.3) is 0 Å². The van der Waals surface area contributed by atoms with Gasteiger partial charge in [0, 0.05) is 4.47 Å². The van der Waals surface area contributed by atoms with Crippen LogP contribution in [0.1, 0.15) is 5.56 Å². The number of benzene rings is 1. The third-order valence-corrected chi connectivity index (χ3v) is 2.03. The van der Waals surface area contributed by atoms with Gasteiger partial charge in [0.05, 0.1) is 5.56 Å². The molecule has 0 fully saturated rings. The molecule has 1 rings (SSSR count). The number of rotatable bonds is 3. The monoisotopic (exact) mass is 304 g/mol. The summed E-state index contributed by atoms with van der Waals surface area (Å²) in [7, 11) is 0. The molecule has 7 heteroatoms. The van der Waals surface area contributed by atoms with E-state index >= 15 is 0 Å². The first-order chi connectivity index (χ1) is 7.29. The molecule has 0 amide bonds. The molecule has 0 aliphatic rings. The highest BCUT2D eigenvalue weighted by molar-refractivity contribution is 9.10. The van der Waals surface area contributed by atoms with Gasteiger partial charge in [-0.15, -0.1) is 0 Å². The molecule has 0 aliphatic carbocycles. The average Bonchev–Trinajstić information content (AvgIpc) is 2.12. The summed E-state index contributed by atoms with van der Waals surface area (Å²) >= 11 is 2.84. The molecule has 16 heavy (non-hydrogen) atoms. The first kappa shape index (κ1) is 13.2. The Labute approximate surface area is 96.3 Å². The van der Waals surface area contributed by atoms with Crippen LogP contribution in [0.4, 0.5) is 22.0 Å². The molecule has 0 heterocycles. The zero-order valence-electron chi connectivity index (χ0n) is 7.69. The third kappa shape index (κ3) is 3.96. The van der Waals surface area contributed by atoms with Crippen LogP contribution in [0.3, 0.4) is 0 Å². The molecule has 1 aromatic rings. The lowest BCUT2D eigenvalue weighted by Gasteiger charge is -2.10. The zero-order chi connectivity index (χ0) is 12.3. The molecule has 0 radical (unpaired) electrons. The maximum absolute atomic E-state index is 12.3. The maximum atomic E-state index is 12.3. The van der Waals surface area contributed by atoms with E-state index < -0.39 is 24.8 Å². The minimum atomic E-state index is -4.53. The Morgan fingerprint density at radius 1 is 1.19 bits per heavy atom. The Morgan fingerprint density at radius 2 is 1.81 bits per heavy atom. The minimum absolute atomic E-state index is 0.117. The Kier molecular flexibility index (Phi) is 4.12. The van der Waals surface area contributed by atoms with Gasteiger partial charge in [-0.05, 0) is 18.2 Å². The molecule has 0 bridgehead atoms. The van der Waals surface area contributed by atoms with Gasteiger partial charge in [-0.25, -0.2) is 8.78 Å². The van der Waals surface area contributed by atoms with Crippen LogP contribution in [0.2, 0.25) is 0 Å². The highest BCUT2D eigenvalue weighted by atomic mass is 79.9. The van der Waals surface area contributed by atoms with Crippen LogP contribution in [0.15, 0.2) is 22.7 Å². The predicted molar refractivity (Wildman–Crippen MR) is 50.6 cm³/mol. The van der Waals surface area contributed by atoms with Crippen molar-refractivity contribution >= 4 is 15.9 Å². The molecule has 1 aromatic carbocycles. The summed E-state index contributed by atoms with van der Waals surface area (Å²) in [4.78, 5) is 0. The maximum Gasteiger partial charge on any atom is 0.416 e. The van der Waals surface area contributed by atoms with Gasteiger partial charge >= 0.3 is 6.18 Å². The van der Waals surface area contributed by atoms with Gasteiger partial charge in [0.25, 0.3) is 6.43 Å². The fourth-order valence-electron chi connectivity index (χ4n) is 0.969. The van der Waals surface area contributed by atoms with Crippen LogP contribution in [-0.2, 0) is 6.18 Å². The van der Waals surface area contributed by atoms with Crippen molar-refractivity contribution in [1.29, 1.82) is 0 Å². The second-order valence-electron chi connectivity index (χ2n) is 2.88. The Balaban J connectivity index is 2.90. The summed E-state index contributed by atoms with van der Waals surface area (Å²) in [5.41, 5.74) is -0.953. The second kappa shape index (κ2) is 4.99. The van der Waals surface area contributed by atoms with E-state index in [9.17, 15) is 22.0 Å². The van der Waals surface area contributed by atoms with Gasteiger partial charge in [0.1, 0.15) is 12.4 Å². The van der Waals surface area contributed by atoms with E-state index in [2.05, 4.69) is 20.7 Å². The fourth-order valence-corrected chi connectivity index (χ4v) is 1.44. The van der Waals surface area contributed by atoms with Crippen LogP contribution < -0.4 is 4.74 Å². The minimum Gasteiger partial charge on any atom is -0.488 e. The quantitative estimate of drug-likeness (QED) is 0.764. The normalized spacial score (nSPS) is 11.9. The summed E-state index contributed by atoms with van der Waals surface area (Å²) in [5, 5.41) is 0. The number of hydrogen-bond donors (Lipinski definition) is 0. The summed E-state index contributed by atoms with van der Waals surface area (Å²) in [6.45, 7) is -0.937. The van der Waals surface area contributed by atoms with Crippen molar-refractivity contribution in [3.63, 3.8) is 0 Å². The van der Waals surface area contributed by atoms with E-state index in [0.29, 0.717) is 6.07 Å². The van der Waals surface area contributed by atoms with Crippen molar-refractivity contribution < 1.29 is 26.7 Å². The standard InChI is InChI=1S/C9H6BrF5O/c10-6-1-5(9(13,14)15)2-7(3-6)16-4-8(11)12/h1-3,8H,4H2. The van der Waals surface area contributed by atoms with Gasteiger partial charge in [-0.3, -0.25) is 0 Å². The van der Waals surface area contributed by atoms with E-state index in [1.54, 1.807) is 0 Å². The molecule has 90 valence electrons. The number of halogens is 6. The predicted octanol–water partition coefficient (Wildman–Crippen LogP) is 4.11. The topological polar surface area (TPSA) is 9.23 Å². The van der Waals surface area contributed by atoms with Gasteiger partial charge < -0.3 is 4.74 Å². The first-order valence-electron chi connectivity index (χ1n) is 4.08. The van der Waals surface area contributed by atoms with E-state index in [1.165, 1.54) is 6.07 Å². The summed E-state index contributed by atoms with van der Waals surface area (Å²) in [6.07, 6.45) is -7.26. The second-order valence-corrected chi connectivity index (χ2v) is 3.79. The van der Waals surface area contributed by atoms with Crippen molar-refractivity contribution in [2.75, 3.05) is 6.61 Å². The molecule has 0 saturated carbocycles. The van der Waals surface area contributed by atoms with Crippen molar-refractivity contribution in [1.82, 2.24) is 0 Å². The highest BCUT2D eigenvalue weighted by Gasteiger charge is 2.31. The Hall–Kier alpha value is -0.850. The third-order valence-electron chi connectivity index (χ3n) is 1.57. The van der Waals surface area contributed by atoms with E-state index in [-0.39, 0.29) is 10.2 Å². The molecular formula is C9H6BrF5O. The van der Waals surface area contributed by atoms with E-state index in [4.69, 9.17) is 0 Å². The van der Waals surface area contributed by atoms with Crippen LogP contribution in [-0.4, -0.2) is 13.0 Å². The Morgan fingerprint density at radius 3 is 2.31 bits per heavy atom. The van der Waals surface area contributed by atoms with Crippen molar-refractivity contribution in [2.45, 2.75) is 12.6 Å². The average molecular weight is 305 g/mol. The highest BCUT2D eigenvalue weighted by Crippen LogP contribution is 2.34. The molecular weight excluding hydrogens is 299 g/mol. The molecule has 1 nitrogen and oxygen atoms in total. The lowest BCUT2D eigenvalue weighted by Crippen LogP contribution is -2.09. The van der Waals surface area contributed by atoms with Gasteiger partial charge in [-0.1, -0.05) is 15.9 Å². The van der Waals surface area contributed by atoms with Gasteiger partial charge in [-0.2, -0.15) is 13.2 Å². The van der Waals surface area contributed by atoms with Crippen LogP contribution in [0, 0.1) is 0 Å². The van der Waals surface area contributed by atoms with Crippen molar-refractivity contribution in [2.24, 2.45) is 0 Å². The summed E-state index contributed by atoms with van der Waals surface area (Å²) in [6, 6.07) is 2.71. The van der Waals surface area contributed by atoms with Gasteiger partial charge in [0.2, 0.25) is 0 Å².